The number of halogens is 1. The molecule has 2 N–H and O–H groups in total. The molecule has 1 saturated heterocycles. The van der Waals surface area contributed by atoms with Gasteiger partial charge in [0.25, 0.3) is 0 Å². The second-order valence-corrected chi connectivity index (χ2v) is 5.36. The summed E-state index contributed by atoms with van der Waals surface area (Å²) >= 11 is 0. The van der Waals surface area contributed by atoms with Gasteiger partial charge >= 0.3 is 0 Å². The molecule has 6 heteroatoms. The second-order valence-electron chi connectivity index (χ2n) is 5.36. The summed E-state index contributed by atoms with van der Waals surface area (Å²) in [6.45, 7) is 2.94. The fourth-order valence-corrected chi connectivity index (χ4v) is 2.63. The molecule has 21 heavy (non-hydrogen) atoms. The third-order valence-electron chi connectivity index (χ3n) is 3.80. The van der Waals surface area contributed by atoms with E-state index in [0.29, 0.717) is 29.4 Å². The average Bonchev–Trinajstić information content (AvgIpc) is 2.99. The van der Waals surface area contributed by atoms with E-state index in [4.69, 9.17) is 10.3 Å². The average molecular weight is 290 g/mol. The maximum atomic E-state index is 14.2. The van der Waals surface area contributed by atoms with Crippen LogP contribution in [0.5, 0.6) is 0 Å². The summed E-state index contributed by atoms with van der Waals surface area (Å²) in [5, 5.41) is 3.80. The van der Waals surface area contributed by atoms with Crippen molar-refractivity contribution in [2.24, 2.45) is 5.73 Å². The minimum absolute atomic E-state index is 0.183. The topological polar surface area (TPSA) is 68.2 Å². The van der Waals surface area contributed by atoms with Gasteiger partial charge in [0.05, 0.1) is 6.54 Å². The maximum absolute atomic E-state index is 14.2. The van der Waals surface area contributed by atoms with Crippen LogP contribution in [-0.2, 0) is 13.1 Å². The zero-order valence-electron chi connectivity index (χ0n) is 11.9. The number of likely N-dealkylation sites (tertiary alicyclic amines) is 1. The molecule has 0 bridgehead atoms. The third kappa shape index (κ3) is 3.28. The first-order valence-corrected chi connectivity index (χ1v) is 7.30. The molecule has 1 fully saturated rings. The summed E-state index contributed by atoms with van der Waals surface area (Å²) in [6, 6.07) is 5.09. The molecule has 1 aliphatic rings. The van der Waals surface area contributed by atoms with Gasteiger partial charge in [-0.3, -0.25) is 4.90 Å². The van der Waals surface area contributed by atoms with Crippen LogP contribution in [-0.4, -0.2) is 28.1 Å². The van der Waals surface area contributed by atoms with Crippen LogP contribution in [0.4, 0.5) is 4.39 Å². The SMILES string of the molecule is NCc1nc(-c2ccc(CN3CCCCC3)c(F)c2)no1. The quantitative estimate of drug-likeness (QED) is 0.936. The summed E-state index contributed by atoms with van der Waals surface area (Å²) in [4.78, 5) is 6.40. The highest BCUT2D eigenvalue weighted by atomic mass is 19.1. The fraction of sp³-hybridized carbons (Fsp3) is 0.467. The first kappa shape index (κ1) is 14.2. The molecule has 0 spiro atoms. The summed E-state index contributed by atoms with van der Waals surface area (Å²) in [5.41, 5.74) is 6.74. The zero-order chi connectivity index (χ0) is 14.7. The number of nitrogens with two attached hydrogens (primary N) is 1. The Bertz CT molecular complexity index is 607. The minimum Gasteiger partial charge on any atom is -0.338 e. The molecule has 0 saturated carbocycles. The van der Waals surface area contributed by atoms with Gasteiger partial charge in [-0.2, -0.15) is 4.98 Å². The van der Waals surface area contributed by atoms with E-state index in [-0.39, 0.29) is 12.4 Å². The van der Waals surface area contributed by atoms with Crippen LogP contribution in [0.25, 0.3) is 11.4 Å². The summed E-state index contributed by atoms with van der Waals surface area (Å²) < 4.78 is 19.2. The van der Waals surface area contributed by atoms with Gasteiger partial charge in [0.2, 0.25) is 11.7 Å². The second kappa shape index (κ2) is 6.32. The van der Waals surface area contributed by atoms with Gasteiger partial charge in [0.15, 0.2) is 0 Å². The van der Waals surface area contributed by atoms with Crippen molar-refractivity contribution >= 4 is 0 Å². The highest BCUT2D eigenvalue weighted by Crippen LogP contribution is 2.21. The van der Waals surface area contributed by atoms with Gasteiger partial charge in [0.1, 0.15) is 5.82 Å². The Morgan fingerprint density at radius 2 is 2.05 bits per heavy atom. The Morgan fingerprint density at radius 1 is 1.24 bits per heavy atom. The maximum Gasteiger partial charge on any atom is 0.240 e. The molecule has 2 aromatic rings. The highest BCUT2D eigenvalue weighted by Gasteiger charge is 2.14. The van der Waals surface area contributed by atoms with E-state index in [1.165, 1.54) is 25.3 Å². The molecular formula is C15H19FN4O. The molecule has 1 aromatic carbocycles. The zero-order valence-corrected chi connectivity index (χ0v) is 11.9. The molecule has 5 nitrogen and oxygen atoms in total. The van der Waals surface area contributed by atoms with Crippen LogP contribution in [0.3, 0.4) is 0 Å². The molecule has 1 aliphatic heterocycles. The Kier molecular flexibility index (Phi) is 4.26. The molecule has 0 aliphatic carbocycles. The van der Waals surface area contributed by atoms with Gasteiger partial charge in [0, 0.05) is 17.7 Å². The van der Waals surface area contributed by atoms with E-state index >= 15 is 0 Å². The first-order chi connectivity index (χ1) is 10.3. The lowest BCUT2D eigenvalue weighted by molar-refractivity contribution is 0.218. The molecule has 0 amide bonds. The Labute approximate surface area is 122 Å². The Balaban J connectivity index is 1.75. The van der Waals surface area contributed by atoms with E-state index in [2.05, 4.69) is 15.0 Å². The number of rotatable bonds is 4. The largest absolute Gasteiger partial charge is 0.338 e. The lowest BCUT2D eigenvalue weighted by atomic mass is 10.1. The Hall–Kier alpha value is -1.79. The number of hydrogen-bond acceptors (Lipinski definition) is 5. The molecule has 3 rings (SSSR count). The number of nitrogens with zero attached hydrogens (tertiary/aromatic N) is 3. The molecular weight excluding hydrogens is 271 g/mol. The van der Waals surface area contributed by atoms with Crippen molar-refractivity contribution in [1.82, 2.24) is 15.0 Å². The molecule has 0 radical (unpaired) electrons. The van der Waals surface area contributed by atoms with Crippen molar-refractivity contribution < 1.29 is 8.91 Å². The highest BCUT2D eigenvalue weighted by molar-refractivity contribution is 5.55. The monoisotopic (exact) mass is 290 g/mol. The van der Waals surface area contributed by atoms with Crippen molar-refractivity contribution in [2.75, 3.05) is 13.1 Å². The van der Waals surface area contributed by atoms with Crippen LogP contribution in [0.15, 0.2) is 22.7 Å². The lowest BCUT2D eigenvalue weighted by Gasteiger charge is -2.26. The van der Waals surface area contributed by atoms with E-state index in [1.54, 1.807) is 6.07 Å². The smallest absolute Gasteiger partial charge is 0.240 e. The van der Waals surface area contributed by atoms with E-state index in [0.717, 1.165) is 13.1 Å². The minimum atomic E-state index is -0.225. The van der Waals surface area contributed by atoms with Crippen LogP contribution in [0, 0.1) is 5.82 Å². The molecule has 112 valence electrons. The van der Waals surface area contributed by atoms with Crippen LogP contribution >= 0.6 is 0 Å². The molecule has 2 heterocycles. The van der Waals surface area contributed by atoms with Gasteiger partial charge in [-0.25, -0.2) is 4.39 Å². The van der Waals surface area contributed by atoms with Gasteiger partial charge in [-0.05, 0) is 32.0 Å². The number of benzene rings is 1. The third-order valence-corrected chi connectivity index (χ3v) is 3.80. The van der Waals surface area contributed by atoms with Crippen LogP contribution in [0.1, 0.15) is 30.7 Å². The van der Waals surface area contributed by atoms with Crippen molar-refractivity contribution in [3.63, 3.8) is 0 Å². The van der Waals surface area contributed by atoms with E-state index in [9.17, 15) is 4.39 Å². The van der Waals surface area contributed by atoms with E-state index in [1.807, 2.05) is 6.07 Å². The Morgan fingerprint density at radius 3 is 2.71 bits per heavy atom. The summed E-state index contributed by atoms with van der Waals surface area (Å²) in [5.74, 6) is 0.499. The summed E-state index contributed by atoms with van der Waals surface area (Å²) in [7, 11) is 0. The normalized spacial score (nSPS) is 16.3. The van der Waals surface area contributed by atoms with Crippen LogP contribution < -0.4 is 5.73 Å². The van der Waals surface area contributed by atoms with E-state index < -0.39 is 0 Å². The van der Waals surface area contributed by atoms with Crippen molar-refractivity contribution in [1.29, 1.82) is 0 Å². The van der Waals surface area contributed by atoms with Gasteiger partial charge < -0.3 is 10.3 Å². The predicted octanol–water partition coefficient (Wildman–Crippen LogP) is 2.32. The standard InChI is InChI=1S/C15H19FN4O/c16-13-8-11(15-18-14(9-17)21-19-15)4-5-12(13)10-20-6-2-1-3-7-20/h4-5,8H,1-3,6-7,9-10,17H2. The molecule has 1 aromatic heterocycles. The number of hydrogen-bond donors (Lipinski definition) is 1. The van der Waals surface area contributed by atoms with Crippen molar-refractivity contribution in [3.8, 4) is 11.4 Å². The lowest BCUT2D eigenvalue weighted by Crippen LogP contribution is -2.29. The van der Waals surface area contributed by atoms with Gasteiger partial charge in [-0.1, -0.05) is 23.7 Å². The van der Waals surface area contributed by atoms with Crippen molar-refractivity contribution in [3.05, 3.63) is 35.5 Å². The number of aromatic nitrogens is 2. The predicted molar refractivity (Wildman–Crippen MR) is 76.7 cm³/mol. The van der Waals surface area contributed by atoms with Crippen LogP contribution in [0.2, 0.25) is 0 Å². The van der Waals surface area contributed by atoms with Gasteiger partial charge in [-0.15, -0.1) is 0 Å². The molecule has 0 unspecified atom stereocenters. The molecule has 0 atom stereocenters. The summed E-state index contributed by atoms with van der Waals surface area (Å²) in [6.07, 6.45) is 3.67. The number of piperidine rings is 1. The first-order valence-electron chi connectivity index (χ1n) is 7.30. The fourth-order valence-electron chi connectivity index (χ4n) is 2.63. The van der Waals surface area contributed by atoms with Crippen molar-refractivity contribution in [2.45, 2.75) is 32.4 Å².